The van der Waals surface area contributed by atoms with Crippen molar-refractivity contribution in [1.29, 1.82) is 0 Å². The summed E-state index contributed by atoms with van der Waals surface area (Å²) in [7, 11) is 0. The van der Waals surface area contributed by atoms with Crippen LogP contribution in [-0.2, 0) is 6.42 Å². The predicted octanol–water partition coefficient (Wildman–Crippen LogP) is 3.23. The standard InChI is InChI=1S/C15H14ClN3/c16-12-5-3-4-11(8-12)9-14(17)13-10-18-19-7-2-1-6-15(13)19/h1-8,10,14H,9,17H2. The van der Waals surface area contributed by atoms with Crippen LogP contribution in [0.4, 0.5) is 0 Å². The molecule has 0 saturated heterocycles. The van der Waals surface area contributed by atoms with Gasteiger partial charge in [-0.25, -0.2) is 4.52 Å². The molecule has 0 fully saturated rings. The lowest BCUT2D eigenvalue weighted by Crippen LogP contribution is -2.13. The summed E-state index contributed by atoms with van der Waals surface area (Å²) in [6.07, 6.45) is 4.51. The molecule has 2 heterocycles. The van der Waals surface area contributed by atoms with E-state index in [4.69, 9.17) is 17.3 Å². The molecule has 4 heteroatoms. The summed E-state index contributed by atoms with van der Waals surface area (Å²) in [6.45, 7) is 0. The average Bonchev–Trinajstić information content (AvgIpc) is 2.82. The number of benzene rings is 1. The van der Waals surface area contributed by atoms with Gasteiger partial charge in [0, 0.05) is 22.8 Å². The van der Waals surface area contributed by atoms with Crippen LogP contribution in [0.2, 0.25) is 5.02 Å². The van der Waals surface area contributed by atoms with Crippen LogP contribution in [0.3, 0.4) is 0 Å². The molecule has 0 aliphatic heterocycles. The molecule has 0 saturated carbocycles. The van der Waals surface area contributed by atoms with E-state index >= 15 is 0 Å². The minimum atomic E-state index is -0.0848. The Morgan fingerprint density at radius 2 is 2.11 bits per heavy atom. The fourth-order valence-corrected chi connectivity index (χ4v) is 2.48. The van der Waals surface area contributed by atoms with Crippen molar-refractivity contribution >= 4 is 17.1 Å². The lowest BCUT2D eigenvalue weighted by atomic mass is 10.0. The van der Waals surface area contributed by atoms with E-state index in [1.165, 1.54) is 0 Å². The molecule has 3 aromatic rings. The van der Waals surface area contributed by atoms with Crippen molar-refractivity contribution in [1.82, 2.24) is 9.61 Å². The minimum Gasteiger partial charge on any atom is -0.324 e. The lowest BCUT2D eigenvalue weighted by Gasteiger charge is -2.10. The number of aromatic nitrogens is 2. The van der Waals surface area contributed by atoms with Gasteiger partial charge in [-0.3, -0.25) is 0 Å². The van der Waals surface area contributed by atoms with Gasteiger partial charge in [-0.1, -0.05) is 29.8 Å². The Kier molecular flexibility index (Phi) is 3.23. The number of nitrogens with zero attached hydrogens (tertiary/aromatic N) is 2. The third kappa shape index (κ3) is 2.48. The second-order valence-electron chi connectivity index (χ2n) is 4.57. The number of hydrogen-bond donors (Lipinski definition) is 1. The number of pyridine rings is 1. The lowest BCUT2D eigenvalue weighted by molar-refractivity contribution is 0.728. The van der Waals surface area contributed by atoms with E-state index in [0.717, 1.165) is 28.1 Å². The summed E-state index contributed by atoms with van der Waals surface area (Å²) in [6, 6.07) is 13.7. The van der Waals surface area contributed by atoms with Crippen molar-refractivity contribution in [2.45, 2.75) is 12.5 Å². The maximum Gasteiger partial charge on any atom is 0.0709 e. The Balaban J connectivity index is 1.90. The van der Waals surface area contributed by atoms with Crippen LogP contribution in [0, 0.1) is 0 Å². The third-order valence-electron chi connectivity index (χ3n) is 3.20. The molecule has 3 nitrogen and oxygen atoms in total. The number of nitrogens with two attached hydrogens (primary N) is 1. The van der Waals surface area contributed by atoms with E-state index in [1.54, 1.807) is 0 Å². The zero-order valence-corrected chi connectivity index (χ0v) is 11.1. The molecule has 0 aliphatic rings. The first-order chi connectivity index (χ1) is 9.24. The Hall–Kier alpha value is -1.84. The molecule has 0 spiro atoms. The van der Waals surface area contributed by atoms with Gasteiger partial charge in [-0.05, 0) is 36.2 Å². The fourth-order valence-electron chi connectivity index (χ4n) is 2.27. The van der Waals surface area contributed by atoms with E-state index in [1.807, 2.05) is 59.4 Å². The Labute approximate surface area is 116 Å². The molecule has 3 rings (SSSR count). The Morgan fingerprint density at radius 3 is 2.95 bits per heavy atom. The number of hydrogen-bond acceptors (Lipinski definition) is 2. The molecule has 0 aliphatic carbocycles. The predicted molar refractivity (Wildman–Crippen MR) is 77.3 cm³/mol. The smallest absolute Gasteiger partial charge is 0.0709 e. The highest BCUT2D eigenvalue weighted by Crippen LogP contribution is 2.22. The molecule has 2 N–H and O–H groups in total. The summed E-state index contributed by atoms with van der Waals surface area (Å²) < 4.78 is 1.84. The van der Waals surface area contributed by atoms with Crippen LogP contribution >= 0.6 is 11.6 Å². The third-order valence-corrected chi connectivity index (χ3v) is 3.44. The molecule has 1 aromatic carbocycles. The highest BCUT2D eigenvalue weighted by atomic mass is 35.5. The number of rotatable bonds is 3. The van der Waals surface area contributed by atoms with E-state index in [2.05, 4.69) is 5.10 Å². The van der Waals surface area contributed by atoms with Crippen molar-refractivity contribution in [3.8, 4) is 0 Å². The second-order valence-corrected chi connectivity index (χ2v) is 5.01. The first-order valence-electron chi connectivity index (χ1n) is 6.16. The SMILES string of the molecule is NC(Cc1cccc(Cl)c1)c1cnn2ccccc12. The van der Waals surface area contributed by atoms with Gasteiger partial charge in [0.15, 0.2) is 0 Å². The van der Waals surface area contributed by atoms with Crippen LogP contribution in [0.1, 0.15) is 17.2 Å². The normalized spacial score (nSPS) is 12.7. The summed E-state index contributed by atoms with van der Waals surface area (Å²) in [5, 5.41) is 5.05. The van der Waals surface area contributed by atoms with Crippen LogP contribution in [0.25, 0.3) is 5.52 Å². The van der Waals surface area contributed by atoms with Gasteiger partial charge in [-0.2, -0.15) is 5.10 Å². The molecule has 1 atom stereocenters. The van der Waals surface area contributed by atoms with E-state index in [0.29, 0.717) is 0 Å². The Morgan fingerprint density at radius 1 is 1.21 bits per heavy atom. The average molecular weight is 272 g/mol. The molecular formula is C15H14ClN3. The molecule has 0 bridgehead atoms. The van der Waals surface area contributed by atoms with Gasteiger partial charge >= 0.3 is 0 Å². The van der Waals surface area contributed by atoms with Gasteiger partial charge in [0.25, 0.3) is 0 Å². The summed E-state index contributed by atoms with van der Waals surface area (Å²) in [5.74, 6) is 0. The van der Waals surface area contributed by atoms with Crippen molar-refractivity contribution in [2.75, 3.05) is 0 Å². The molecule has 1 unspecified atom stereocenters. The van der Waals surface area contributed by atoms with Crippen LogP contribution in [0.5, 0.6) is 0 Å². The maximum absolute atomic E-state index is 6.29. The van der Waals surface area contributed by atoms with Crippen molar-refractivity contribution < 1.29 is 0 Å². The highest BCUT2D eigenvalue weighted by molar-refractivity contribution is 6.30. The largest absolute Gasteiger partial charge is 0.324 e. The van der Waals surface area contributed by atoms with Gasteiger partial charge in [0.05, 0.1) is 11.7 Å². The van der Waals surface area contributed by atoms with Gasteiger partial charge in [-0.15, -0.1) is 0 Å². The Bertz CT molecular complexity index is 705. The van der Waals surface area contributed by atoms with E-state index < -0.39 is 0 Å². The second kappa shape index (κ2) is 5.03. The van der Waals surface area contributed by atoms with Crippen LogP contribution < -0.4 is 5.73 Å². The van der Waals surface area contributed by atoms with Crippen LogP contribution in [0.15, 0.2) is 54.9 Å². The fraction of sp³-hybridized carbons (Fsp3) is 0.133. The number of halogens is 1. The minimum absolute atomic E-state index is 0.0848. The summed E-state index contributed by atoms with van der Waals surface area (Å²) in [4.78, 5) is 0. The number of fused-ring (bicyclic) bond motifs is 1. The van der Waals surface area contributed by atoms with Crippen molar-refractivity contribution in [3.63, 3.8) is 0 Å². The maximum atomic E-state index is 6.29. The van der Waals surface area contributed by atoms with Crippen molar-refractivity contribution in [3.05, 3.63) is 71.0 Å². The molecule has 0 radical (unpaired) electrons. The monoisotopic (exact) mass is 271 g/mol. The first-order valence-corrected chi connectivity index (χ1v) is 6.54. The van der Waals surface area contributed by atoms with Gasteiger partial charge in [0.2, 0.25) is 0 Å². The molecule has 19 heavy (non-hydrogen) atoms. The van der Waals surface area contributed by atoms with E-state index in [9.17, 15) is 0 Å². The molecule has 2 aromatic heterocycles. The molecular weight excluding hydrogens is 258 g/mol. The quantitative estimate of drug-likeness (QED) is 0.795. The first kappa shape index (κ1) is 12.2. The zero-order valence-electron chi connectivity index (χ0n) is 10.3. The topological polar surface area (TPSA) is 43.3 Å². The molecule has 96 valence electrons. The van der Waals surface area contributed by atoms with E-state index in [-0.39, 0.29) is 6.04 Å². The van der Waals surface area contributed by atoms with Crippen molar-refractivity contribution in [2.24, 2.45) is 5.73 Å². The van der Waals surface area contributed by atoms with Crippen LogP contribution in [-0.4, -0.2) is 9.61 Å². The van der Waals surface area contributed by atoms with Gasteiger partial charge < -0.3 is 5.73 Å². The summed E-state index contributed by atoms with van der Waals surface area (Å²) >= 11 is 5.99. The summed E-state index contributed by atoms with van der Waals surface area (Å²) in [5.41, 5.74) is 9.53. The molecule has 0 amide bonds. The highest BCUT2D eigenvalue weighted by Gasteiger charge is 2.12. The zero-order chi connectivity index (χ0) is 13.2. The van der Waals surface area contributed by atoms with Gasteiger partial charge in [0.1, 0.15) is 0 Å².